The normalized spacial score (nSPS) is 12.4. The van der Waals surface area contributed by atoms with Crippen LogP contribution in [0.15, 0.2) is 67.0 Å². The monoisotopic (exact) mass is 431 g/mol. The number of nitrogens with one attached hydrogen (secondary N) is 2. The Morgan fingerprint density at radius 3 is 2.81 bits per heavy atom. The Kier molecular flexibility index (Phi) is 6.97. The third kappa shape index (κ3) is 6.07. The molecule has 2 N–H and O–H groups in total. The molecular formula is C25H25N3O4. The van der Waals surface area contributed by atoms with Gasteiger partial charge in [0.05, 0.1) is 6.61 Å². The number of ether oxygens (including phenoxy) is 2. The zero-order valence-corrected chi connectivity index (χ0v) is 17.7. The molecule has 2 amide bonds. The molecule has 32 heavy (non-hydrogen) atoms. The summed E-state index contributed by atoms with van der Waals surface area (Å²) in [4.78, 5) is 27.8. The van der Waals surface area contributed by atoms with Crippen molar-refractivity contribution in [2.75, 3.05) is 17.2 Å². The molecular weight excluding hydrogens is 406 g/mol. The summed E-state index contributed by atoms with van der Waals surface area (Å²) in [6.45, 7) is 0.852. The third-order valence-electron chi connectivity index (χ3n) is 5.04. The number of amides is 2. The Balaban J connectivity index is 1.19. The molecule has 2 heterocycles. The molecule has 0 spiro atoms. The maximum absolute atomic E-state index is 12.3. The zero-order valence-electron chi connectivity index (χ0n) is 17.7. The first kappa shape index (κ1) is 21.4. The Morgan fingerprint density at radius 2 is 1.94 bits per heavy atom. The van der Waals surface area contributed by atoms with E-state index in [0.29, 0.717) is 50.3 Å². The van der Waals surface area contributed by atoms with Crippen LogP contribution in [0.2, 0.25) is 0 Å². The first-order valence-electron chi connectivity index (χ1n) is 10.6. The van der Waals surface area contributed by atoms with Gasteiger partial charge in [-0.05, 0) is 54.8 Å². The molecule has 7 heteroatoms. The van der Waals surface area contributed by atoms with E-state index in [-0.39, 0.29) is 11.8 Å². The molecule has 1 aliphatic rings. The van der Waals surface area contributed by atoms with E-state index in [1.165, 1.54) is 0 Å². The van der Waals surface area contributed by atoms with Gasteiger partial charge in [-0.1, -0.05) is 12.1 Å². The van der Waals surface area contributed by atoms with Crippen LogP contribution < -0.4 is 20.1 Å². The smallest absolute Gasteiger partial charge is 0.224 e. The van der Waals surface area contributed by atoms with Gasteiger partial charge >= 0.3 is 0 Å². The van der Waals surface area contributed by atoms with E-state index in [1.807, 2.05) is 48.5 Å². The van der Waals surface area contributed by atoms with Crippen LogP contribution in [0.5, 0.6) is 11.5 Å². The summed E-state index contributed by atoms with van der Waals surface area (Å²) in [6, 6.07) is 16.8. The SMILES string of the molecule is O=C(CCCOc1ccc2c(c1)CCC(=O)N2)Nc1cccc(OCc2cccnc2)c1. The number of hydrogen-bond donors (Lipinski definition) is 2. The lowest BCUT2D eigenvalue weighted by atomic mass is 10.0. The van der Waals surface area contributed by atoms with E-state index in [1.54, 1.807) is 18.5 Å². The predicted molar refractivity (Wildman–Crippen MR) is 122 cm³/mol. The number of carbonyl (C=O) groups excluding carboxylic acids is 2. The minimum Gasteiger partial charge on any atom is -0.494 e. The molecule has 7 nitrogen and oxygen atoms in total. The van der Waals surface area contributed by atoms with Crippen LogP contribution in [0.25, 0.3) is 0 Å². The van der Waals surface area contributed by atoms with Crippen molar-refractivity contribution < 1.29 is 19.1 Å². The highest BCUT2D eigenvalue weighted by Crippen LogP contribution is 2.27. The average Bonchev–Trinajstić information content (AvgIpc) is 2.81. The number of pyridine rings is 1. The van der Waals surface area contributed by atoms with E-state index in [0.717, 1.165) is 22.6 Å². The van der Waals surface area contributed by atoms with Crippen LogP contribution in [-0.2, 0) is 22.6 Å². The lowest BCUT2D eigenvalue weighted by Gasteiger charge is -2.17. The molecule has 0 saturated carbocycles. The Labute approximate surface area is 186 Å². The molecule has 164 valence electrons. The van der Waals surface area contributed by atoms with Crippen LogP contribution in [0.4, 0.5) is 11.4 Å². The number of anilines is 2. The van der Waals surface area contributed by atoms with Crippen LogP contribution in [0.1, 0.15) is 30.4 Å². The van der Waals surface area contributed by atoms with Crippen LogP contribution in [-0.4, -0.2) is 23.4 Å². The van der Waals surface area contributed by atoms with Crippen LogP contribution in [0.3, 0.4) is 0 Å². The predicted octanol–water partition coefficient (Wildman–Crippen LogP) is 4.34. The minimum atomic E-state index is -0.0776. The maximum Gasteiger partial charge on any atom is 0.224 e. The number of aryl methyl sites for hydroxylation is 1. The number of rotatable bonds is 9. The Bertz CT molecular complexity index is 1090. The second-order valence-electron chi connectivity index (χ2n) is 7.55. The second kappa shape index (κ2) is 10.4. The average molecular weight is 431 g/mol. The van der Waals surface area contributed by atoms with Gasteiger partial charge in [0.2, 0.25) is 11.8 Å². The van der Waals surface area contributed by atoms with E-state index in [4.69, 9.17) is 9.47 Å². The van der Waals surface area contributed by atoms with Crippen molar-refractivity contribution in [3.05, 3.63) is 78.1 Å². The van der Waals surface area contributed by atoms with Gasteiger partial charge < -0.3 is 20.1 Å². The number of carbonyl (C=O) groups is 2. The Morgan fingerprint density at radius 1 is 1.03 bits per heavy atom. The molecule has 0 bridgehead atoms. The van der Waals surface area contributed by atoms with Gasteiger partial charge in [0, 0.05) is 48.2 Å². The van der Waals surface area contributed by atoms with Gasteiger partial charge in [-0.3, -0.25) is 14.6 Å². The fourth-order valence-electron chi connectivity index (χ4n) is 3.41. The molecule has 0 unspecified atom stereocenters. The summed E-state index contributed by atoms with van der Waals surface area (Å²) in [6.07, 6.45) is 5.63. The maximum atomic E-state index is 12.3. The molecule has 0 fully saturated rings. The summed E-state index contributed by atoms with van der Waals surface area (Å²) >= 11 is 0. The van der Waals surface area contributed by atoms with Crippen molar-refractivity contribution in [1.29, 1.82) is 0 Å². The van der Waals surface area contributed by atoms with Crippen LogP contribution in [0, 0.1) is 0 Å². The Hall–Kier alpha value is -3.87. The summed E-state index contributed by atoms with van der Waals surface area (Å²) in [5.41, 5.74) is 3.59. The molecule has 0 saturated heterocycles. The van der Waals surface area contributed by atoms with E-state index in [9.17, 15) is 9.59 Å². The first-order chi connectivity index (χ1) is 15.7. The summed E-state index contributed by atoms with van der Waals surface area (Å²) in [5, 5.41) is 5.75. The highest BCUT2D eigenvalue weighted by Gasteiger charge is 2.15. The lowest BCUT2D eigenvalue weighted by molar-refractivity contribution is -0.117. The van der Waals surface area contributed by atoms with Gasteiger partial charge in [0.15, 0.2) is 0 Å². The van der Waals surface area contributed by atoms with Crippen LogP contribution >= 0.6 is 0 Å². The highest BCUT2D eigenvalue weighted by atomic mass is 16.5. The van der Waals surface area contributed by atoms with Gasteiger partial charge in [-0.25, -0.2) is 0 Å². The molecule has 0 aliphatic carbocycles. The van der Waals surface area contributed by atoms with E-state index in [2.05, 4.69) is 15.6 Å². The van der Waals surface area contributed by atoms with Gasteiger partial charge in [-0.15, -0.1) is 0 Å². The summed E-state index contributed by atoms with van der Waals surface area (Å²) < 4.78 is 11.5. The highest BCUT2D eigenvalue weighted by molar-refractivity contribution is 5.94. The van der Waals surface area contributed by atoms with Crippen molar-refractivity contribution in [1.82, 2.24) is 4.98 Å². The summed E-state index contributed by atoms with van der Waals surface area (Å²) in [7, 11) is 0. The van der Waals surface area contributed by atoms with Crippen molar-refractivity contribution in [3.63, 3.8) is 0 Å². The fraction of sp³-hybridized carbons (Fsp3) is 0.240. The first-order valence-corrected chi connectivity index (χ1v) is 10.6. The number of fused-ring (bicyclic) bond motifs is 1. The minimum absolute atomic E-state index is 0.0442. The molecule has 1 aliphatic heterocycles. The van der Waals surface area contributed by atoms with E-state index < -0.39 is 0 Å². The fourth-order valence-corrected chi connectivity index (χ4v) is 3.41. The number of aromatic nitrogens is 1. The van der Waals surface area contributed by atoms with Gasteiger partial charge in [-0.2, -0.15) is 0 Å². The summed E-state index contributed by atoms with van der Waals surface area (Å²) in [5.74, 6) is 1.39. The topological polar surface area (TPSA) is 89.6 Å². The third-order valence-corrected chi connectivity index (χ3v) is 5.04. The standard InChI is InChI=1S/C25H25N3O4/c29-24(7-3-13-31-22-9-10-23-19(14-22)8-11-25(30)28-23)27-20-5-1-6-21(15-20)32-17-18-4-2-12-26-16-18/h1-2,4-6,9-10,12,14-16H,3,7-8,11,13,17H2,(H,27,29)(H,28,30). The second-order valence-corrected chi connectivity index (χ2v) is 7.55. The van der Waals surface area contributed by atoms with Crippen molar-refractivity contribution >= 4 is 23.2 Å². The largest absolute Gasteiger partial charge is 0.494 e. The zero-order chi connectivity index (χ0) is 22.2. The lowest BCUT2D eigenvalue weighted by Crippen LogP contribution is -2.18. The van der Waals surface area contributed by atoms with Crippen molar-refractivity contribution in [3.8, 4) is 11.5 Å². The number of hydrogen-bond acceptors (Lipinski definition) is 5. The molecule has 4 rings (SSSR count). The van der Waals surface area contributed by atoms with Gasteiger partial charge in [0.25, 0.3) is 0 Å². The molecule has 3 aromatic rings. The molecule has 2 aromatic carbocycles. The number of benzene rings is 2. The van der Waals surface area contributed by atoms with Gasteiger partial charge in [0.1, 0.15) is 18.1 Å². The van der Waals surface area contributed by atoms with Crippen molar-refractivity contribution in [2.45, 2.75) is 32.3 Å². The molecule has 0 atom stereocenters. The quantitative estimate of drug-likeness (QED) is 0.492. The molecule has 1 aromatic heterocycles. The molecule has 0 radical (unpaired) electrons. The van der Waals surface area contributed by atoms with Crippen molar-refractivity contribution in [2.24, 2.45) is 0 Å². The van der Waals surface area contributed by atoms with E-state index >= 15 is 0 Å². The number of nitrogens with zero attached hydrogens (tertiary/aromatic N) is 1.